The predicted octanol–water partition coefficient (Wildman–Crippen LogP) is 4.20. The summed E-state index contributed by atoms with van der Waals surface area (Å²) in [6.07, 6.45) is 0. The predicted molar refractivity (Wildman–Crippen MR) is 96.7 cm³/mol. The van der Waals surface area contributed by atoms with Crippen LogP contribution in [0.15, 0.2) is 46.9 Å². The van der Waals surface area contributed by atoms with E-state index in [1.165, 1.54) is 12.1 Å². The van der Waals surface area contributed by atoms with Crippen LogP contribution in [0, 0.1) is 5.82 Å². The van der Waals surface area contributed by atoms with Gasteiger partial charge in [0.2, 0.25) is 0 Å². The number of nitrogens with zero attached hydrogens (tertiary/aromatic N) is 2. The second-order valence-electron chi connectivity index (χ2n) is 5.81. The Morgan fingerprint density at radius 3 is 2.38 bits per heavy atom. The van der Waals surface area contributed by atoms with Crippen LogP contribution in [0.25, 0.3) is 0 Å². The summed E-state index contributed by atoms with van der Waals surface area (Å²) in [7, 11) is 0. The monoisotopic (exact) mass is 410 g/mol. The number of hydrogen-bond acceptors (Lipinski definition) is 2. The second-order valence-corrected chi connectivity index (χ2v) is 7.10. The molecule has 0 saturated carbocycles. The highest BCUT2D eigenvalue weighted by Gasteiger charge is 2.22. The van der Waals surface area contributed by atoms with Crippen molar-refractivity contribution in [2.45, 2.75) is 6.54 Å². The van der Waals surface area contributed by atoms with Crippen LogP contribution in [0.3, 0.4) is 0 Å². The van der Waals surface area contributed by atoms with Crippen LogP contribution in [0.1, 0.15) is 15.9 Å². The molecule has 1 fully saturated rings. The fourth-order valence-electron chi connectivity index (χ4n) is 2.77. The third-order valence-electron chi connectivity index (χ3n) is 4.16. The molecular weight excluding hydrogens is 395 g/mol. The van der Waals surface area contributed by atoms with Crippen molar-refractivity contribution in [3.8, 4) is 0 Å². The minimum Gasteiger partial charge on any atom is -0.336 e. The average molecular weight is 412 g/mol. The summed E-state index contributed by atoms with van der Waals surface area (Å²) in [5.41, 5.74) is 1.71. The lowest BCUT2D eigenvalue weighted by molar-refractivity contribution is 0.0628. The number of piperazine rings is 1. The Morgan fingerprint density at radius 1 is 1.08 bits per heavy atom. The Labute approximate surface area is 154 Å². The number of carbonyl (C=O) groups is 1. The maximum absolute atomic E-state index is 13.2. The molecule has 1 saturated heterocycles. The zero-order valence-electron chi connectivity index (χ0n) is 13.0. The molecular formula is C18H17BrClFN2O. The van der Waals surface area contributed by atoms with Crippen LogP contribution < -0.4 is 0 Å². The summed E-state index contributed by atoms with van der Waals surface area (Å²) in [4.78, 5) is 16.6. The SMILES string of the molecule is O=C(c1ccc(Cl)cc1)N1CCN(Cc2ccc(F)cc2Br)CC1. The molecule has 1 aliphatic heterocycles. The summed E-state index contributed by atoms with van der Waals surface area (Å²) >= 11 is 9.27. The Bertz CT molecular complexity index is 730. The van der Waals surface area contributed by atoms with Crippen LogP contribution in [0.2, 0.25) is 5.02 Å². The summed E-state index contributed by atoms with van der Waals surface area (Å²) in [6.45, 7) is 3.69. The van der Waals surface area contributed by atoms with E-state index in [1.807, 2.05) is 4.90 Å². The molecule has 3 nitrogen and oxygen atoms in total. The highest BCUT2D eigenvalue weighted by molar-refractivity contribution is 9.10. The topological polar surface area (TPSA) is 23.6 Å². The van der Waals surface area contributed by atoms with Gasteiger partial charge >= 0.3 is 0 Å². The van der Waals surface area contributed by atoms with Crippen molar-refractivity contribution >= 4 is 33.4 Å². The summed E-state index contributed by atoms with van der Waals surface area (Å²) in [5, 5.41) is 0.626. The van der Waals surface area contributed by atoms with Gasteiger partial charge in [-0.1, -0.05) is 33.6 Å². The Balaban J connectivity index is 1.57. The Morgan fingerprint density at radius 2 is 1.75 bits per heavy atom. The number of rotatable bonds is 3. The molecule has 1 heterocycles. The molecule has 0 aliphatic carbocycles. The molecule has 0 radical (unpaired) electrons. The molecule has 24 heavy (non-hydrogen) atoms. The van der Waals surface area contributed by atoms with Gasteiger partial charge in [0.05, 0.1) is 0 Å². The minimum absolute atomic E-state index is 0.0364. The van der Waals surface area contributed by atoms with Crippen molar-refractivity contribution < 1.29 is 9.18 Å². The maximum atomic E-state index is 13.2. The third kappa shape index (κ3) is 4.15. The summed E-state index contributed by atoms with van der Waals surface area (Å²) in [5.74, 6) is -0.210. The molecule has 1 aliphatic rings. The van der Waals surface area contributed by atoms with Gasteiger partial charge in [-0.2, -0.15) is 0 Å². The molecule has 0 unspecified atom stereocenters. The fourth-order valence-corrected chi connectivity index (χ4v) is 3.38. The Kier molecular flexibility index (Phi) is 5.54. The molecule has 126 valence electrons. The van der Waals surface area contributed by atoms with E-state index in [0.29, 0.717) is 23.7 Å². The largest absolute Gasteiger partial charge is 0.336 e. The van der Waals surface area contributed by atoms with Crippen LogP contribution in [-0.4, -0.2) is 41.9 Å². The molecule has 6 heteroatoms. The zero-order chi connectivity index (χ0) is 17.1. The van der Waals surface area contributed by atoms with Gasteiger partial charge in [0.25, 0.3) is 5.91 Å². The van der Waals surface area contributed by atoms with Crippen molar-refractivity contribution in [2.75, 3.05) is 26.2 Å². The van der Waals surface area contributed by atoms with Gasteiger partial charge in [-0.25, -0.2) is 4.39 Å². The normalized spacial score (nSPS) is 15.5. The molecule has 0 atom stereocenters. The van der Waals surface area contributed by atoms with Gasteiger partial charge in [-0.3, -0.25) is 9.69 Å². The van der Waals surface area contributed by atoms with Crippen molar-refractivity contribution in [2.24, 2.45) is 0 Å². The molecule has 0 N–H and O–H groups in total. The van der Waals surface area contributed by atoms with Crippen molar-refractivity contribution in [3.63, 3.8) is 0 Å². The van der Waals surface area contributed by atoms with E-state index in [9.17, 15) is 9.18 Å². The zero-order valence-corrected chi connectivity index (χ0v) is 15.4. The van der Waals surface area contributed by atoms with Gasteiger partial charge in [0.1, 0.15) is 5.82 Å². The smallest absolute Gasteiger partial charge is 0.253 e. The number of carbonyl (C=O) groups excluding carboxylic acids is 1. The first-order valence-corrected chi connectivity index (χ1v) is 8.91. The van der Waals surface area contributed by atoms with E-state index >= 15 is 0 Å². The van der Waals surface area contributed by atoms with E-state index in [4.69, 9.17) is 11.6 Å². The van der Waals surface area contributed by atoms with Crippen LogP contribution in [0.5, 0.6) is 0 Å². The number of amides is 1. The lowest BCUT2D eigenvalue weighted by Gasteiger charge is -2.35. The van der Waals surface area contributed by atoms with E-state index < -0.39 is 0 Å². The molecule has 0 bridgehead atoms. The molecule has 2 aromatic rings. The first-order chi connectivity index (χ1) is 11.5. The van der Waals surface area contributed by atoms with Crippen molar-refractivity contribution in [1.82, 2.24) is 9.80 Å². The summed E-state index contributed by atoms with van der Waals surface area (Å²) < 4.78 is 13.9. The van der Waals surface area contributed by atoms with Gasteiger partial charge in [0, 0.05) is 47.8 Å². The lowest BCUT2D eigenvalue weighted by Crippen LogP contribution is -2.48. The third-order valence-corrected chi connectivity index (χ3v) is 5.15. The van der Waals surface area contributed by atoms with Crippen molar-refractivity contribution in [1.29, 1.82) is 0 Å². The Hall–Kier alpha value is -1.43. The summed E-state index contributed by atoms with van der Waals surface area (Å²) in [6, 6.07) is 11.7. The number of hydrogen-bond donors (Lipinski definition) is 0. The highest BCUT2D eigenvalue weighted by Crippen LogP contribution is 2.21. The molecule has 1 amide bonds. The van der Waals surface area contributed by atoms with Gasteiger partial charge in [0.15, 0.2) is 0 Å². The quantitative estimate of drug-likeness (QED) is 0.756. The second kappa shape index (κ2) is 7.64. The number of halogens is 3. The van der Waals surface area contributed by atoms with Crippen LogP contribution in [0.4, 0.5) is 4.39 Å². The molecule has 0 aromatic heterocycles. The van der Waals surface area contributed by atoms with Crippen LogP contribution >= 0.6 is 27.5 Å². The van der Waals surface area contributed by atoms with E-state index in [-0.39, 0.29) is 11.7 Å². The van der Waals surface area contributed by atoms with Crippen molar-refractivity contribution in [3.05, 3.63) is 68.9 Å². The first kappa shape index (κ1) is 17.4. The maximum Gasteiger partial charge on any atom is 0.253 e. The van der Waals surface area contributed by atoms with Gasteiger partial charge in [-0.15, -0.1) is 0 Å². The lowest BCUT2D eigenvalue weighted by atomic mass is 10.1. The van der Waals surface area contributed by atoms with E-state index in [1.54, 1.807) is 30.3 Å². The molecule has 0 spiro atoms. The minimum atomic E-state index is -0.246. The number of benzene rings is 2. The van der Waals surface area contributed by atoms with Crippen LogP contribution in [-0.2, 0) is 6.54 Å². The van der Waals surface area contributed by atoms with E-state index in [0.717, 1.165) is 29.7 Å². The van der Waals surface area contributed by atoms with Gasteiger partial charge in [-0.05, 0) is 42.0 Å². The van der Waals surface area contributed by atoms with Gasteiger partial charge < -0.3 is 4.90 Å². The van der Waals surface area contributed by atoms with E-state index in [2.05, 4.69) is 20.8 Å². The highest BCUT2D eigenvalue weighted by atomic mass is 79.9. The fraction of sp³-hybridized carbons (Fsp3) is 0.278. The molecule has 2 aromatic carbocycles. The molecule has 3 rings (SSSR count). The average Bonchev–Trinajstić information content (AvgIpc) is 2.58. The standard InChI is InChI=1S/C18H17BrClFN2O/c19-17-11-16(21)6-3-14(17)12-22-7-9-23(10-8-22)18(24)13-1-4-15(20)5-2-13/h1-6,11H,7-10,12H2. The first-order valence-electron chi connectivity index (χ1n) is 7.74.